The third-order valence-corrected chi connectivity index (χ3v) is 4.73. The first-order chi connectivity index (χ1) is 12.6. The Balaban J connectivity index is 0. The standard InChI is InChI=1S/C20H31NO5S.CH4/c1-14(2)7-5-8-15(3)9-6-10-16(4)11-12-27-13-17(19(23)24)21-18(22)20(25)26;/h7,9,11,17H,5-6,8,10,12-13H2,1-4H3,(H,21,22)(H,23,24)(H,25,26);1H4/b15-9+,16-11+;/t17-;/m0./s1. The molecular weight excluding hydrogens is 378 g/mol. The van der Waals surface area contributed by atoms with Gasteiger partial charge < -0.3 is 15.5 Å². The van der Waals surface area contributed by atoms with Crippen molar-refractivity contribution in [1.82, 2.24) is 5.32 Å². The summed E-state index contributed by atoms with van der Waals surface area (Å²) in [6, 6.07) is -1.21. The van der Waals surface area contributed by atoms with Crippen LogP contribution >= 0.6 is 11.8 Å². The second-order valence-electron chi connectivity index (χ2n) is 6.67. The lowest BCUT2D eigenvalue weighted by atomic mass is 10.1. The molecule has 0 rings (SSSR count). The minimum Gasteiger partial charge on any atom is -0.480 e. The Bertz CT molecular complexity index is 604. The van der Waals surface area contributed by atoms with Crippen LogP contribution in [0.25, 0.3) is 0 Å². The van der Waals surface area contributed by atoms with Crippen LogP contribution in [0.1, 0.15) is 60.8 Å². The Morgan fingerprint density at radius 1 is 0.929 bits per heavy atom. The number of carboxylic acid groups (broad SMARTS) is 2. The summed E-state index contributed by atoms with van der Waals surface area (Å²) in [6.07, 6.45) is 10.6. The van der Waals surface area contributed by atoms with Crippen LogP contribution in [0.15, 0.2) is 34.9 Å². The number of nitrogens with one attached hydrogen (secondary N) is 1. The first-order valence-electron chi connectivity index (χ1n) is 8.92. The Kier molecular flexibility index (Phi) is 16.1. The molecule has 1 atom stereocenters. The number of allylic oxidation sites excluding steroid dienone is 5. The number of hydrogen-bond acceptors (Lipinski definition) is 4. The maximum Gasteiger partial charge on any atom is 0.394 e. The van der Waals surface area contributed by atoms with E-state index in [0.29, 0.717) is 5.75 Å². The van der Waals surface area contributed by atoms with Crippen LogP contribution in [0.3, 0.4) is 0 Å². The van der Waals surface area contributed by atoms with Gasteiger partial charge in [-0.25, -0.2) is 9.59 Å². The molecule has 0 bridgehead atoms. The summed E-state index contributed by atoms with van der Waals surface area (Å²) in [7, 11) is 0. The quantitative estimate of drug-likeness (QED) is 0.248. The molecule has 0 aliphatic carbocycles. The highest BCUT2D eigenvalue weighted by Crippen LogP contribution is 2.13. The van der Waals surface area contributed by atoms with Crippen molar-refractivity contribution in [3.8, 4) is 0 Å². The first kappa shape index (κ1) is 28.2. The monoisotopic (exact) mass is 413 g/mol. The van der Waals surface area contributed by atoms with Crippen LogP contribution in [0.4, 0.5) is 0 Å². The van der Waals surface area contributed by atoms with Crippen molar-refractivity contribution in [3.63, 3.8) is 0 Å². The van der Waals surface area contributed by atoms with Gasteiger partial charge in [-0.1, -0.05) is 42.4 Å². The molecule has 6 nitrogen and oxygen atoms in total. The molecule has 0 saturated heterocycles. The van der Waals surface area contributed by atoms with Crippen LogP contribution in [0, 0.1) is 0 Å². The molecule has 7 heteroatoms. The number of rotatable bonds is 12. The lowest BCUT2D eigenvalue weighted by molar-refractivity contribution is -0.151. The van der Waals surface area contributed by atoms with Crippen molar-refractivity contribution in [2.45, 2.75) is 66.8 Å². The Morgan fingerprint density at radius 2 is 1.46 bits per heavy atom. The molecule has 0 saturated carbocycles. The molecule has 1 amide bonds. The SMILES string of the molecule is C.CC(C)=CCC/C(C)=C/CC/C(C)=C/CSC[C@H](NC(=O)C(=O)O)C(=O)O. The average Bonchev–Trinajstić information content (AvgIpc) is 2.56. The van der Waals surface area contributed by atoms with Gasteiger partial charge in [0.25, 0.3) is 0 Å². The minimum atomic E-state index is -1.69. The molecule has 0 unspecified atom stereocenters. The van der Waals surface area contributed by atoms with Crippen molar-refractivity contribution in [3.05, 3.63) is 34.9 Å². The van der Waals surface area contributed by atoms with Crippen LogP contribution in [-0.2, 0) is 14.4 Å². The smallest absolute Gasteiger partial charge is 0.394 e. The van der Waals surface area contributed by atoms with Crippen molar-refractivity contribution in [2.24, 2.45) is 0 Å². The largest absolute Gasteiger partial charge is 0.480 e. The maximum absolute atomic E-state index is 11.1. The van der Waals surface area contributed by atoms with E-state index in [4.69, 9.17) is 10.2 Å². The number of hydrogen-bond donors (Lipinski definition) is 3. The van der Waals surface area contributed by atoms with Gasteiger partial charge in [0.15, 0.2) is 0 Å². The van der Waals surface area contributed by atoms with Gasteiger partial charge in [0.05, 0.1) is 0 Å². The lowest BCUT2D eigenvalue weighted by Gasteiger charge is -2.12. The van der Waals surface area contributed by atoms with Crippen LogP contribution in [-0.4, -0.2) is 45.6 Å². The molecule has 0 aromatic heterocycles. The van der Waals surface area contributed by atoms with Gasteiger partial charge in [0, 0.05) is 11.5 Å². The third kappa shape index (κ3) is 15.1. The first-order valence-corrected chi connectivity index (χ1v) is 10.1. The van der Waals surface area contributed by atoms with Gasteiger partial charge in [0.2, 0.25) is 0 Å². The fourth-order valence-electron chi connectivity index (χ4n) is 2.12. The van der Waals surface area contributed by atoms with E-state index in [1.165, 1.54) is 28.5 Å². The highest BCUT2D eigenvalue weighted by atomic mass is 32.2. The van der Waals surface area contributed by atoms with Gasteiger partial charge >= 0.3 is 17.8 Å². The van der Waals surface area contributed by atoms with Gasteiger partial charge in [-0.05, 0) is 53.4 Å². The lowest BCUT2D eigenvalue weighted by Crippen LogP contribution is -2.45. The summed E-state index contributed by atoms with van der Waals surface area (Å²) in [4.78, 5) is 32.6. The molecule has 0 radical (unpaired) electrons. The molecule has 0 aromatic rings. The summed E-state index contributed by atoms with van der Waals surface area (Å²) >= 11 is 1.34. The molecule has 3 N–H and O–H groups in total. The van der Waals surface area contributed by atoms with Crippen molar-refractivity contribution in [1.29, 1.82) is 0 Å². The normalized spacial score (nSPS) is 12.6. The van der Waals surface area contributed by atoms with Gasteiger partial charge in [-0.15, -0.1) is 0 Å². The van der Waals surface area contributed by atoms with Crippen LogP contribution in [0.2, 0.25) is 0 Å². The van der Waals surface area contributed by atoms with Crippen molar-refractivity contribution >= 4 is 29.6 Å². The van der Waals surface area contributed by atoms with E-state index < -0.39 is 23.9 Å². The number of carbonyl (C=O) groups is 3. The molecular formula is C21H35NO5S. The van der Waals surface area contributed by atoms with E-state index in [1.807, 2.05) is 18.3 Å². The highest BCUT2D eigenvalue weighted by Gasteiger charge is 2.22. The molecule has 0 aliphatic heterocycles. The van der Waals surface area contributed by atoms with E-state index in [2.05, 4.69) is 32.9 Å². The van der Waals surface area contributed by atoms with Gasteiger partial charge in [-0.2, -0.15) is 11.8 Å². The minimum absolute atomic E-state index is 0. The highest BCUT2D eigenvalue weighted by molar-refractivity contribution is 7.99. The Hall–Kier alpha value is -2.02. The summed E-state index contributed by atoms with van der Waals surface area (Å²) in [6.45, 7) is 8.38. The zero-order valence-corrected chi connectivity index (χ0v) is 17.4. The molecule has 0 aliphatic rings. The zero-order valence-electron chi connectivity index (χ0n) is 16.6. The van der Waals surface area contributed by atoms with Crippen LogP contribution < -0.4 is 5.32 Å². The number of carboxylic acids is 2. The van der Waals surface area contributed by atoms with E-state index in [9.17, 15) is 14.4 Å². The van der Waals surface area contributed by atoms with Crippen LogP contribution in [0.5, 0.6) is 0 Å². The molecule has 0 spiro atoms. The second-order valence-corrected chi connectivity index (χ2v) is 7.74. The van der Waals surface area contributed by atoms with E-state index >= 15 is 0 Å². The van der Waals surface area contributed by atoms with Gasteiger partial charge in [0.1, 0.15) is 6.04 Å². The molecule has 160 valence electrons. The predicted molar refractivity (Wildman–Crippen MR) is 117 cm³/mol. The second kappa shape index (κ2) is 16.0. The summed E-state index contributed by atoms with van der Waals surface area (Å²) in [5, 5.41) is 19.5. The topological polar surface area (TPSA) is 104 Å². The molecule has 0 fully saturated rings. The molecule has 0 heterocycles. The van der Waals surface area contributed by atoms with Gasteiger partial charge in [-0.3, -0.25) is 4.79 Å². The van der Waals surface area contributed by atoms with E-state index in [0.717, 1.165) is 25.7 Å². The maximum atomic E-state index is 11.1. The van der Waals surface area contributed by atoms with Crippen molar-refractivity contribution < 1.29 is 24.6 Å². The third-order valence-electron chi connectivity index (χ3n) is 3.75. The summed E-state index contributed by atoms with van der Waals surface area (Å²) in [5.74, 6) is -3.51. The van der Waals surface area contributed by atoms with E-state index in [-0.39, 0.29) is 13.2 Å². The number of aliphatic carboxylic acids is 2. The predicted octanol–water partition coefficient (Wildman–Crippen LogP) is 4.43. The summed E-state index contributed by atoms with van der Waals surface area (Å²) in [5.41, 5.74) is 3.94. The Labute approximate surface area is 173 Å². The van der Waals surface area contributed by atoms with Crippen molar-refractivity contribution in [2.75, 3.05) is 11.5 Å². The number of amides is 1. The average molecular weight is 414 g/mol. The summed E-state index contributed by atoms with van der Waals surface area (Å²) < 4.78 is 0. The molecule has 0 aromatic carbocycles. The Morgan fingerprint density at radius 3 is 1.96 bits per heavy atom. The molecule has 28 heavy (non-hydrogen) atoms. The fraction of sp³-hybridized carbons (Fsp3) is 0.571. The van der Waals surface area contributed by atoms with E-state index in [1.54, 1.807) is 0 Å². The fourth-order valence-corrected chi connectivity index (χ4v) is 3.12. The zero-order chi connectivity index (χ0) is 20.8. The number of thioether (sulfide) groups is 1. The number of carbonyl (C=O) groups excluding carboxylic acids is 1.